The zero-order valence-corrected chi connectivity index (χ0v) is 19.5. The predicted molar refractivity (Wildman–Crippen MR) is 122 cm³/mol. The molecule has 3 rings (SSSR count). The van der Waals surface area contributed by atoms with Gasteiger partial charge in [-0.15, -0.1) is 0 Å². The monoisotopic (exact) mass is 460 g/mol. The van der Waals surface area contributed by atoms with Crippen LogP contribution in [0.15, 0.2) is 41.3 Å². The molecule has 2 amide bonds. The maximum absolute atomic E-state index is 12.9. The zero-order valence-electron chi connectivity index (χ0n) is 18.7. The lowest BCUT2D eigenvalue weighted by Crippen LogP contribution is -2.35. The van der Waals surface area contributed by atoms with Gasteiger partial charge in [0.2, 0.25) is 11.8 Å². The topological polar surface area (TPSA) is 102 Å². The van der Waals surface area contributed by atoms with Gasteiger partial charge in [0.05, 0.1) is 30.6 Å². The number of hydrogen-bond donors (Lipinski definition) is 1. The van der Waals surface area contributed by atoms with Crippen molar-refractivity contribution in [3.63, 3.8) is 0 Å². The molecule has 0 spiro atoms. The van der Waals surface area contributed by atoms with Crippen LogP contribution in [0.1, 0.15) is 32.3 Å². The van der Waals surface area contributed by atoms with E-state index in [9.17, 15) is 18.0 Å². The van der Waals surface area contributed by atoms with Crippen LogP contribution in [0, 0.1) is 0 Å². The number of carbonyl (C=O) groups is 2. The summed E-state index contributed by atoms with van der Waals surface area (Å²) in [4.78, 5) is 26.5. The highest BCUT2D eigenvalue weighted by molar-refractivity contribution is 7.91. The Bertz CT molecular complexity index is 1130. The molecule has 2 aromatic rings. The van der Waals surface area contributed by atoms with Crippen molar-refractivity contribution in [2.75, 3.05) is 30.2 Å². The number of ether oxygens (including phenoxy) is 2. The van der Waals surface area contributed by atoms with Crippen LogP contribution in [0.5, 0.6) is 11.5 Å². The van der Waals surface area contributed by atoms with E-state index in [0.717, 1.165) is 11.3 Å². The molecular formula is C23H28N2O6S. The first kappa shape index (κ1) is 23.6. The second-order valence-electron chi connectivity index (χ2n) is 7.64. The van der Waals surface area contributed by atoms with Crippen molar-refractivity contribution < 1.29 is 27.5 Å². The molecule has 172 valence electrons. The van der Waals surface area contributed by atoms with Crippen molar-refractivity contribution in [2.45, 2.75) is 44.0 Å². The third kappa shape index (κ3) is 4.88. The average molecular weight is 461 g/mol. The van der Waals surface area contributed by atoms with Crippen LogP contribution in [0.25, 0.3) is 0 Å². The molecule has 0 fully saturated rings. The van der Waals surface area contributed by atoms with E-state index in [4.69, 9.17) is 9.47 Å². The molecule has 1 aliphatic rings. The minimum absolute atomic E-state index is 0.0106. The SMILES string of the molecule is CCC(=O)N1c2ccc(S(=O)(=O)CCC(=O)Nc3cc(OC)ccc3OC)cc2C[C@H]1C. The Hall–Kier alpha value is -3.07. The second kappa shape index (κ2) is 9.60. The smallest absolute Gasteiger partial charge is 0.226 e. The summed E-state index contributed by atoms with van der Waals surface area (Å²) < 4.78 is 36.1. The van der Waals surface area contributed by atoms with Gasteiger partial charge >= 0.3 is 0 Å². The summed E-state index contributed by atoms with van der Waals surface area (Å²) in [5, 5.41) is 2.68. The van der Waals surface area contributed by atoms with Gasteiger partial charge in [-0.05, 0) is 49.2 Å². The fraction of sp³-hybridized carbons (Fsp3) is 0.391. The van der Waals surface area contributed by atoms with Crippen LogP contribution in [0.2, 0.25) is 0 Å². The van der Waals surface area contributed by atoms with Crippen molar-refractivity contribution in [3.05, 3.63) is 42.0 Å². The molecule has 9 heteroatoms. The van der Waals surface area contributed by atoms with Gasteiger partial charge in [-0.25, -0.2) is 8.42 Å². The standard InChI is InChI=1S/C23H28N2O6S/c1-5-23(27)25-15(2)12-16-13-18(7-8-20(16)25)32(28,29)11-10-22(26)24-19-14-17(30-3)6-9-21(19)31-4/h6-9,13-15H,5,10-12H2,1-4H3,(H,24,26)/t15-/m1/s1. The number of anilines is 2. The maximum atomic E-state index is 12.9. The largest absolute Gasteiger partial charge is 0.497 e. The number of nitrogens with one attached hydrogen (secondary N) is 1. The van der Waals surface area contributed by atoms with Gasteiger partial charge in [0.25, 0.3) is 0 Å². The molecule has 0 unspecified atom stereocenters. The van der Waals surface area contributed by atoms with Crippen molar-refractivity contribution in [3.8, 4) is 11.5 Å². The minimum Gasteiger partial charge on any atom is -0.497 e. The number of rotatable bonds is 8. The average Bonchev–Trinajstić information content (AvgIpc) is 3.12. The van der Waals surface area contributed by atoms with Crippen LogP contribution in [0.4, 0.5) is 11.4 Å². The van der Waals surface area contributed by atoms with Crippen LogP contribution in [-0.2, 0) is 25.8 Å². The number of carbonyl (C=O) groups excluding carboxylic acids is 2. The Morgan fingerprint density at radius 3 is 2.53 bits per heavy atom. The molecule has 1 atom stereocenters. The molecule has 0 bridgehead atoms. The highest BCUT2D eigenvalue weighted by atomic mass is 32.2. The van der Waals surface area contributed by atoms with E-state index < -0.39 is 15.7 Å². The number of methoxy groups -OCH3 is 2. The van der Waals surface area contributed by atoms with Crippen molar-refractivity contribution >= 4 is 33.0 Å². The normalized spacial score (nSPS) is 15.2. The molecule has 2 aromatic carbocycles. The predicted octanol–water partition coefficient (Wildman–Crippen LogP) is 3.19. The molecule has 8 nitrogen and oxygen atoms in total. The maximum Gasteiger partial charge on any atom is 0.226 e. The quantitative estimate of drug-likeness (QED) is 0.649. The first-order valence-corrected chi connectivity index (χ1v) is 12.0. The number of benzene rings is 2. The summed E-state index contributed by atoms with van der Waals surface area (Å²) >= 11 is 0. The van der Waals surface area contributed by atoms with E-state index in [1.54, 1.807) is 42.2 Å². The Labute approximate surface area is 188 Å². The van der Waals surface area contributed by atoms with Crippen LogP contribution < -0.4 is 19.7 Å². The third-order valence-electron chi connectivity index (χ3n) is 5.48. The summed E-state index contributed by atoms with van der Waals surface area (Å²) in [6, 6.07) is 9.75. The summed E-state index contributed by atoms with van der Waals surface area (Å²) in [5.41, 5.74) is 1.98. The van der Waals surface area contributed by atoms with Gasteiger partial charge < -0.3 is 19.7 Å². The molecule has 1 aliphatic heterocycles. The lowest BCUT2D eigenvalue weighted by molar-refractivity contribution is -0.118. The van der Waals surface area contributed by atoms with E-state index in [-0.39, 0.29) is 29.0 Å². The van der Waals surface area contributed by atoms with Crippen molar-refractivity contribution in [1.82, 2.24) is 0 Å². The van der Waals surface area contributed by atoms with Gasteiger partial charge in [-0.1, -0.05) is 6.92 Å². The molecule has 0 aliphatic carbocycles. The Balaban J connectivity index is 1.71. The zero-order chi connectivity index (χ0) is 23.5. The first-order valence-electron chi connectivity index (χ1n) is 10.4. The fourth-order valence-corrected chi connectivity index (χ4v) is 5.11. The van der Waals surface area contributed by atoms with E-state index in [0.29, 0.717) is 30.0 Å². The lowest BCUT2D eigenvalue weighted by Gasteiger charge is -2.22. The molecule has 0 saturated carbocycles. The summed E-state index contributed by atoms with van der Waals surface area (Å²) in [6.45, 7) is 3.75. The highest BCUT2D eigenvalue weighted by Gasteiger charge is 2.31. The minimum atomic E-state index is -3.68. The number of amides is 2. The summed E-state index contributed by atoms with van der Waals surface area (Å²) in [6.07, 6.45) is 0.772. The fourth-order valence-electron chi connectivity index (χ4n) is 3.82. The van der Waals surface area contributed by atoms with Gasteiger partial charge in [0, 0.05) is 30.6 Å². The third-order valence-corrected chi connectivity index (χ3v) is 7.19. The van der Waals surface area contributed by atoms with Gasteiger partial charge in [-0.3, -0.25) is 9.59 Å². The Morgan fingerprint density at radius 1 is 1.12 bits per heavy atom. The van der Waals surface area contributed by atoms with Gasteiger partial charge in [-0.2, -0.15) is 0 Å². The highest BCUT2D eigenvalue weighted by Crippen LogP contribution is 2.34. The van der Waals surface area contributed by atoms with Gasteiger partial charge in [0.1, 0.15) is 11.5 Å². The van der Waals surface area contributed by atoms with Crippen LogP contribution in [0.3, 0.4) is 0 Å². The molecule has 1 heterocycles. The summed E-state index contributed by atoms with van der Waals surface area (Å²) in [5.74, 6) is 0.209. The summed E-state index contributed by atoms with van der Waals surface area (Å²) in [7, 11) is -0.692. The van der Waals surface area contributed by atoms with E-state index in [1.165, 1.54) is 20.3 Å². The van der Waals surface area contributed by atoms with E-state index in [1.807, 2.05) is 6.92 Å². The number of fused-ring (bicyclic) bond motifs is 1. The molecule has 1 N–H and O–H groups in total. The van der Waals surface area contributed by atoms with Crippen molar-refractivity contribution in [2.24, 2.45) is 0 Å². The van der Waals surface area contributed by atoms with Crippen molar-refractivity contribution in [1.29, 1.82) is 0 Å². The van der Waals surface area contributed by atoms with E-state index >= 15 is 0 Å². The van der Waals surface area contributed by atoms with Crippen LogP contribution in [-0.4, -0.2) is 46.2 Å². The molecule has 0 saturated heterocycles. The molecule has 32 heavy (non-hydrogen) atoms. The molecule has 0 radical (unpaired) electrons. The Kier molecular flexibility index (Phi) is 7.08. The number of sulfone groups is 1. The van der Waals surface area contributed by atoms with Crippen LogP contribution >= 0.6 is 0 Å². The molecular weight excluding hydrogens is 432 g/mol. The first-order chi connectivity index (χ1) is 15.2. The van der Waals surface area contributed by atoms with Gasteiger partial charge in [0.15, 0.2) is 9.84 Å². The molecule has 0 aromatic heterocycles. The number of hydrogen-bond acceptors (Lipinski definition) is 6. The Morgan fingerprint density at radius 2 is 1.88 bits per heavy atom. The number of nitrogens with zero attached hydrogens (tertiary/aromatic N) is 1. The lowest BCUT2D eigenvalue weighted by atomic mass is 10.1. The van der Waals surface area contributed by atoms with E-state index in [2.05, 4.69) is 5.32 Å². The second-order valence-corrected chi connectivity index (χ2v) is 9.75.